The van der Waals surface area contributed by atoms with Gasteiger partial charge in [-0.15, -0.1) is 11.3 Å². The fourth-order valence-corrected chi connectivity index (χ4v) is 11.3. The van der Waals surface area contributed by atoms with E-state index in [1.165, 1.54) is 53.7 Å². The zero-order valence-electron chi connectivity index (χ0n) is 46.1. The van der Waals surface area contributed by atoms with E-state index in [2.05, 4.69) is 10.3 Å². The molecule has 2 fully saturated rings. The molecule has 440 valence electrons. The first kappa shape index (κ1) is 61.7. The van der Waals surface area contributed by atoms with Gasteiger partial charge in [-0.1, -0.05) is 50.2 Å². The lowest BCUT2D eigenvalue weighted by Gasteiger charge is -2.35. The highest BCUT2D eigenvalue weighted by molar-refractivity contribution is 8.18. The van der Waals surface area contributed by atoms with E-state index in [-0.39, 0.29) is 105 Å². The standard InChI is InChI=1S/C59H63F3N6O13S2/c1-36(2)52(68-33-42-8-5-6-9-44(42)55(68)71)57(73)67-34-43(69)30-46(67)54(70)64-32-41-13-12-40(53-37(3)65-35-82-53)29-49(41)80-25-24-79-23-21-77-18-7-17-76-20-22-78-19-16-66-56(72)51(83-58(66)74)28-38-10-15-48(50(27-38)75-4)81-47-14-11-39(31-63)26-45(47)59(60,61)62/h5-6,8-15,26-29,35-36,43,46,52,69H,7,16-25,30,32-34H2,1-4H3,(H,64,70)/b51-28-/t43-,46+,52+/m1/s1. The summed E-state index contributed by atoms with van der Waals surface area (Å²) in [5.74, 6) is -1.79. The van der Waals surface area contributed by atoms with Crippen LogP contribution in [0.3, 0.4) is 0 Å². The number of aryl methyl sites for hydroxylation is 1. The molecule has 83 heavy (non-hydrogen) atoms. The van der Waals surface area contributed by atoms with Crippen molar-refractivity contribution in [2.75, 3.05) is 79.7 Å². The maximum atomic E-state index is 14.3. The number of halogens is 3. The van der Waals surface area contributed by atoms with Gasteiger partial charge in [0.05, 0.1) is 97.6 Å². The van der Waals surface area contributed by atoms with Crippen molar-refractivity contribution in [2.24, 2.45) is 5.92 Å². The molecule has 0 aliphatic carbocycles. The van der Waals surface area contributed by atoms with Crippen molar-refractivity contribution >= 4 is 58.0 Å². The summed E-state index contributed by atoms with van der Waals surface area (Å²) in [7, 11) is 1.30. The number of carbonyl (C=O) groups is 5. The number of alkyl halides is 3. The number of hydrogen-bond acceptors (Lipinski definition) is 17. The topological polar surface area (TPSA) is 229 Å². The molecule has 4 heterocycles. The maximum absolute atomic E-state index is 14.3. The maximum Gasteiger partial charge on any atom is 0.420 e. The van der Waals surface area contributed by atoms with Crippen molar-refractivity contribution in [3.63, 3.8) is 0 Å². The minimum Gasteiger partial charge on any atom is -0.493 e. The highest BCUT2D eigenvalue weighted by Crippen LogP contribution is 2.42. The Morgan fingerprint density at radius 3 is 2.27 bits per heavy atom. The highest BCUT2D eigenvalue weighted by Gasteiger charge is 2.46. The Morgan fingerprint density at radius 2 is 1.58 bits per heavy atom. The quantitative estimate of drug-likeness (QED) is 0.0353. The number of imide groups is 1. The number of aliphatic hydroxyl groups excluding tert-OH is 1. The number of nitriles is 1. The van der Waals surface area contributed by atoms with Crippen LogP contribution in [0.15, 0.2) is 89.3 Å². The van der Waals surface area contributed by atoms with Crippen molar-refractivity contribution in [3.05, 3.63) is 128 Å². The molecule has 3 aliphatic heterocycles. The summed E-state index contributed by atoms with van der Waals surface area (Å²) in [5, 5.41) is 22.3. The molecule has 0 bridgehead atoms. The van der Waals surface area contributed by atoms with Crippen LogP contribution in [-0.4, -0.2) is 152 Å². The number of thiazole rings is 1. The van der Waals surface area contributed by atoms with Crippen molar-refractivity contribution in [1.82, 2.24) is 25.0 Å². The number of likely N-dealkylation sites (tertiary alicyclic amines) is 1. The monoisotopic (exact) mass is 1180 g/mol. The molecule has 0 unspecified atom stereocenters. The number of thioether (sulfide) groups is 1. The molecule has 19 nitrogen and oxygen atoms in total. The lowest BCUT2D eigenvalue weighted by molar-refractivity contribution is -0.143. The van der Waals surface area contributed by atoms with Crippen LogP contribution in [0.2, 0.25) is 0 Å². The molecule has 24 heteroatoms. The number of hydrogen-bond donors (Lipinski definition) is 2. The average Bonchev–Trinajstić information content (AvgIpc) is 3.56. The van der Waals surface area contributed by atoms with Gasteiger partial charge < -0.3 is 53.4 Å². The van der Waals surface area contributed by atoms with Gasteiger partial charge in [-0.25, -0.2) is 4.98 Å². The van der Waals surface area contributed by atoms with Gasteiger partial charge in [-0.3, -0.25) is 28.9 Å². The summed E-state index contributed by atoms with van der Waals surface area (Å²) in [6.45, 7) is 8.52. The number of carbonyl (C=O) groups excluding carboxylic acids is 5. The number of benzene rings is 4. The second-order valence-corrected chi connectivity index (χ2v) is 21.6. The third kappa shape index (κ3) is 15.6. The van der Waals surface area contributed by atoms with E-state index in [0.717, 1.165) is 44.4 Å². The van der Waals surface area contributed by atoms with Crippen LogP contribution in [0.4, 0.5) is 18.0 Å². The van der Waals surface area contributed by atoms with Crippen molar-refractivity contribution < 1.29 is 75.4 Å². The first-order valence-corrected chi connectivity index (χ1v) is 28.5. The molecular weight excluding hydrogens is 1120 g/mol. The Bertz CT molecular complexity index is 3220. The Kier molecular flexibility index (Phi) is 21.4. The molecule has 1 aromatic heterocycles. The number of aliphatic hydroxyl groups is 1. The molecule has 5 amide bonds. The van der Waals surface area contributed by atoms with Crippen LogP contribution in [0.25, 0.3) is 16.5 Å². The summed E-state index contributed by atoms with van der Waals surface area (Å²) in [4.78, 5) is 77.0. The molecule has 3 aliphatic rings. The predicted molar refractivity (Wildman–Crippen MR) is 300 cm³/mol. The number of rotatable bonds is 28. The second-order valence-electron chi connectivity index (χ2n) is 19.8. The van der Waals surface area contributed by atoms with Crippen LogP contribution in [0, 0.1) is 24.2 Å². The SMILES string of the molecule is COc1cc(/C=C2\SC(=O)N(CCOCCOCCCOCCOCCOc3cc(-c4scnc4C)ccc3CNC(=O)[C@@H]3C[C@@H](O)CN3C(=O)[C@H](C(C)C)N3Cc4ccccc4C3=O)C2=O)ccc1Oc1ccc(C#N)cc1C(F)(F)F. The summed E-state index contributed by atoms with van der Waals surface area (Å²) < 4.78 is 81.0. The third-order valence-corrected chi connectivity index (χ3v) is 15.6. The lowest BCUT2D eigenvalue weighted by Crippen LogP contribution is -2.55. The van der Waals surface area contributed by atoms with Crippen LogP contribution in [-0.2, 0) is 52.6 Å². The Hall–Kier alpha value is -7.37. The number of fused-ring (bicyclic) bond motifs is 1. The summed E-state index contributed by atoms with van der Waals surface area (Å²) in [6.07, 6.45) is -3.56. The number of ether oxygens (including phenoxy) is 7. The number of aromatic nitrogens is 1. The van der Waals surface area contributed by atoms with Crippen LogP contribution in [0.5, 0.6) is 23.0 Å². The van der Waals surface area contributed by atoms with E-state index >= 15 is 0 Å². The lowest BCUT2D eigenvalue weighted by atomic mass is 10.0. The van der Waals surface area contributed by atoms with Crippen LogP contribution in [0.1, 0.15) is 70.6 Å². The van der Waals surface area contributed by atoms with E-state index in [0.29, 0.717) is 61.4 Å². The predicted octanol–water partition coefficient (Wildman–Crippen LogP) is 8.64. The fourth-order valence-electron chi connectivity index (χ4n) is 9.62. The van der Waals surface area contributed by atoms with Crippen LogP contribution < -0.4 is 19.5 Å². The van der Waals surface area contributed by atoms with Crippen LogP contribution >= 0.6 is 23.1 Å². The molecule has 4 aromatic carbocycles. The Balaban J connectivity index is 0.706. The minimum atomic E-state index is -4.79. The van der Waals surface area contributed by atoms with Gasteiger partial charge >= 0.3 is 6.18 Å². The van der Waals surface area contributed by atoms with E-state index in [9.17, 15) is 42.3 Å². The van der Waals surface area contributed by atoms with Gasteiger partial charge in [0.1, 0.15) is 30.2 Å². The fraction of sp³-hybridized carbons (Fsp3) is 0.407. The molecule has 0 spiro atoms. The first-order valence-electron chi connectivity index (χ1n) is 26.8. The minimum absolute atomic E-state index is 0.00692. The molecular formula is C59H63F3N6O13S2. The van der Waals surface area contributed by atoms with Gasteiger partial charge in [-0.2, -0.15) is 18.4 Å². The molecule has 0 radical (unpaired) electrons. The molecule has 5 aromatic rings. The Labute approximate surface area is 486 Å². The number of nitrogens with zero attached hydrogens (tertiary/aromatic N) is 5. The number of nitrogens with one attached hydrogen (secondary N) is 1. The highest BCUT2D eigenvalue weighted by atomic mass is 32.2. The zero-order chi connectivity index (χ0) is 59.2. The molecule has 2 N–H and O–H groups in total. The number of methoxy groups -OCH3 is 1. The van der Waals surface area contributed by atoms with Gasteiger partial charge in [0.15, 0.2) is 11.5 Å². The van der Waals surface area contributed by atoms with Gasteiger partial charge in [0.2, 0.25) is 11.8 Å². The normalized spacial score (nSPS) is 16.9. The van der Waals surface area contributed by atoms with Crippen molar-refractivity contribution in [3.8, 4) is 39.5 Å². The Morgan fingerprint density at radius 1 is 0.867 bits per heavy atom. The summed E-state index contributed by atoms with van der Waals surface area (Å²) in [5.41, 5.74) is 4.74. The second kappa shape index (κ2) is 28.7. The van der Waals surface area contributed by atoms with E-state index in [1.54, 1.807) is 28.6 Å². The number of amides is 5. The molecule has 0 saturated carbocycles. The average molecular weight is 1190 g/mol. The molecule has 3 atom stereocenters. The summed E-state index contributed by atoms with van der Waals surface area (Å²) in [6, 6.07) is 20.2. The van der Waals surface area contributed by atoms with Gasteiger partial charge in [0, 0.05) is 50.4 Å². The number of β-amino-alcohol motifs (C(OH)–C–C–N with tert-alkyl or cyclic N) is 1. The van der Waals surface area contributed by atoms with Gasteiger partial charge in [-0.05, 0) is 96.3 Å². The van der Waals surface area contributed by atoms with E-state index in [4.69, 9.17) is 38.4 Å². The van der Waals surface area contributed by atoms with Crippen molar-refractivity contribution in [1.29, 1.82) is 5.26 Å². The summed E-state index contributed by atoms with van der Waals surface area (Å²) >= 11 is 2.24. The van der Waals surface area contributed by atoms with Gasteiger partial charge in [0.25, 0.3) is 17.1 Å². The van der Waals surface area contributed by atoms with Crippen molar-refractivity contribution in [2.45, 2.75) is 71.1 Å². The molecule has 2 saturated heterocycles. The smallest absolute Gasteiger partial charge is 0.420 e. The van der Waals surface area contributed by atoms with E-state index < -0.39 is 52.7 Å². The van der Waals surface area contributed by atoms with E-state index in [1.807, 2.05) is 51.1 Å². The first-order chi connectivity index (χ1) is 39.9. The third-order valence-electron chi connectivity index (χ3n) is 13.7. The molecule has 8 rings (SSSR count). The largest absolute Gasteiger partial charge is 0.493 e. The zero-order valence-corrected chi connectivity index (χ0v) is 47.7.